The maximum absolute atomic E-state index is 13.7. The van der Waals surface area contributed by atoms with Gasteiger partial charge in [-0.1, -0.05) is 36.4 Å². The molecule has 6 nitrogen and oxygen atoms in total. The first-order chi connectivity index (χ1) is 16.7. The van der Waals surface area contributed by atoms with Crippen LogP contribution < -0.4 is 4.90 Å². The smallest absolute Gasteiger partial charge is 0.368 e. The largest absolute Gasteiger partial charge is 0.416 e. The molecule has 4 aromatic rings. The van der Waals surface area contributed by atoms with Crippen molar-refractivity contribution < 1.29 is 18.0 Å². The van der Waals surface area contributed by atoms with Crippen molar-refractivity contribution in [2.75, 3.05) is 31.1 Å². The minimum Gasteiger partial charge on any atom is -0.368 e. The first-order valence-corrected chi connectivity index (χ1v) is 11.3. The summed E-state index contributed by atoms with van der Waals surface area (Å²) in [7, 11) is 1.80. The van der Waals surface area contributed by atoms with E-state index in [1.165, 1.54) is 6.07 Å². The number of alkyl halides is 3. The van der Waals surface area contributed by atoms with Crippen molar-refractivity contribution in [1.82, 2.24) is 19.7 Å². The van der Waals surface area contributed by atoms with Crippen LogP contribution in [0.3, 0.4) is 0 Å². The molecule has 0 bridgehead atoms. The van der Waals surface area contributed by atoms with Crippen LogP contribution in [-0.2, 0) is 13.2 Å². The lowest BCUT2D eigenvalue weighted by Crippen LogP contribution is -2.48. The van der Waals surface area contributed by atoms with Crippen LogP contribution in [0.15, 0.2) is 60.7 Å². The van der Waals surface area contributed by atoms with Crippen LogP contribution in [0.2, 0.25) is 0 Å². The van der Waals surface area contributed by atoms with Crippen LogP contribution in [-0.4, -0.2) is 51.8 Å². The zero-order valence-corrected chi connectivity index (χ0v) is 19.4. The van der Waals surface area contributed by atoms with Crippen LogP contribution in [0.1, 0.15) is 21.6 Å². The highest BCUT2D eigenvalue weighted by molar-refractivity contribution is 6.07. The normalized spacial score (nSPS) is 14.5. The van der Waals surface area contributed by atoms with E-state index in [1.54, 1.807) is 22.7 Å². The number of amides is 1. The number of pyridine rings is 1. The molecule has 0 N–H and O–H groups in total. The van der Waals surface area contributed by atoms with Crippen LogP contribution in [0, 0.1) is 6.92 Å². The van der Waals surface area contributed by atoms with E-state index in [2.05, 4.69) is 5.10 Å². The summed E-state index contributed by atoms with van der Waals surface area (Å²) < 4.78 is 41.1. The van der Waals surface area contributed by atoms with Crippen LogP contribution in [0.5, 0.6) is 0 Å². The van der Waals surface area contributed by atoms with Gasteiger partial charge in [0.05, 0.1) is 27.9 Å². The highest BCUT2D eigenvalue weighted by Gasteiger charge is 2.32. The Balaban J connectivity index is 1.43. The highest BCUT2D eigenvalue weighted by atomic mass is 19.4. The molecule has 9 heteroatoms. The number of carbonyl (C=O) groups excluding carboxylic acids is 1. The fraction of sp³-hybridized carbons (Fsp3) is 0.269. The van der Waals surface area contributed by atoms with Crippen LogP contribution in [0.4, 0.5) is 18.9 Å². The second kappa shape index (κ2) is 8.72. The average Bonchev–Trinajstić information content (AvgIpc) is 3.16. The third-order valence-electron chi connectivity index (χ3n) is 6.37. The molecule has 1 fully saturated rings. The Bertz CT molecular complexity index is 1390. The van der Waals surface area contributed by atoms with Gasteiger partial charge in [0.2, 0.25) is 0 Å². The average molecular weight is 480 g/mol. The molecular formula is C26H24F3N5O. The van der Waals surface area contributed by atoms with E-state index in [1.807, 2.05) is 48.2 Å². The highest BCUT2D eigenvalue weighted by Crippen LogP contribution is 2.32. The summed E-state index contributed by atoms with van der Waals surface area (Å²) in [4.78, 5) is 22.1. The third-order valence-corrected chi connectivity index (χ3v) is 6.37. The molecule has 1 amide bonds. The van der Waals surface area contributed by atoms with Crippen LogP contribution in [0.25, 0.3) is 22.3 Å². The fourth-order valence-electron chi connectivity index (χ4n) is 4.59. The number of aromatic nitrogens is 3. The number of piperazine rings is 1. The summed E-state index contributed by atoms with van der Waals surface area (Å²) in [5.41, 5.74) is 3.31. The van der Waals surface area contributed by atoms with Gasteiger partial charge in [0, 0.05) is 44.5 Å². The lowest BCUT2D eigenvalue weighted by Gasteiger charge is -2.36. The summed E-state index contributed by atoms with van der Waals surface area (Å²) in [5.74, 6) is -0.130. The molecule has 3 heterocycles. The van der Waals surface area contributed by atoms with E-state index < -0.39 is 11.7 Å². The monoisotopic (exact) mass is 479 g/mol. The first kappa shape index (κ1) is 22.9. The molecule has 2 aromatic heterocycles. The maximum atomic E-state index is 13.7. The molecule has 0 unspecified atom stereocenters. The summed E-state index contributed by atoms with van der Waals surface area (Å²) in [5, 5.41) is 5.20. The molecule has 35 heavy (non-hydrogen) atoms. The first-order valence-electron chi connectivity index (χ1n) is 11.3. The van der Waals surface area contributed by atoms with Crippen molar-refractivity contribution in [1.29, 1.82) is 0 Å². The lowest BCUT2D eigenvalue weighted by atomic mass is 10.0. The summed E-state index contributed by atoms with van der Waals surface area (Å²) >= 11 is 0. The number of carbonyl (C=O) groups is 1. The molecule has 0 atom stereocenters. The number of rotatable bonds is 3. The number of fused-ring (bicyclic) bond motifs is 1. The van der Waals surface area contributed by atoms with Crippen LogP contribution >= 0.6 is 0 Å². The number of hydrogen-bond donors (Lipinski definition) is 0. The number of halogens is 3. The summed E-state index contributed by atoms with van der Waals surface area (Å²) in [6, 6.07) is 16.8. The Labute approximate surface area is 200 Å². The van der Waals surface area contributed by atoms with Crippen molar-refractivity contribution >= 4 is 22.6 Å². The number of benzene rings is 2. The number of aryl methyl sites for hydroxylation is 2. The zero-order chi connectivity index (χ0) is 24.7. The summed E-state index contributed by atoms with van der Waals surface area (Å²) in [6.45, 7) is 3.55. The molecular weight excluding hydrogens is 455 g/mol. The summed E-state index contributed by atoms with van der Waals surface area (Å²) in [6.07, 6.45) is -4.39. The SMILES string of the molecule is Cc1nn(C)c2nc(-c3ccccc3)cc(C(=O)N3CCN(c4cccc(C(F)(F)F)c4)CC3)c12. The molecule has 0 spiro atoms. The number of nitrogens with zero attached hydrogens (tertiary/aromatic N) is 5. The minimum absolute atomic E-state index is 0.130. The van der Waals surface area contributed by atoms with Crippen molar-refractivity contribution in [3.63, 3.8) is 0 Å². The Morgan fingerprint density at radius 3 is 2.34 bits per heavy atom. The van der Waals surface area contributed by atoms with Crippen molar-refractivity contribution in [3.05, 3.63) is 77.5 Å². The van der Waals surface area contributed by atoms with E-state index in [0.29, 0.717) is 48.8 Å². The van der Waals surface area contributed by atoms with Gasteiger partial charge in [-0.3, -0.25) is 9.48 Å². The molecule has 1 saturated heterocycles. The predicted molar refractivity (Wildman–Crippen MR) is 128 cm³/mol. The molecule has 180 valence electrons. The molecule has 0 aliphatic carbocycles. The van der Waals surface area contributed by atoms with Gasteiger partial charge in [0.25, 0.3) is 5.91 Å². The molecule has 0 radical (unpaired) electrons. The van der Waals surface area contributed by atoms with Crippen molar-refractivity contribution in [3.8, 4) is 11.3 Å². The third kappa shape index (κ3) is 4.34. The topological polar surface area (TPSA) is 54.3 Å². The zero-order valence-electron chi connectivity index (χ0n) is 19.4. The van der Waals surface area contributed by atoms with E-state index in [0.717, 1.165) is 28.8 Å². The minimum atomic E-state index is -4.39. The molecule has 0 saturated carbocycles. The Hall–Kier alpha value is -3.88. The quantitative estimate of drug-likeness (QED) is 0.418. The second-order valence-corrected chi connectivity index (χ2v) is 8.66. The number of hydrogen-bond acceptors (Lipinski definition) is 4. The van der Waals surface area contributed by atoms with E-state index >= 15 is 0 Å². The lowest BCUT2D eigenvalue weighted by molar-refractivity contribution is -0.137. The molecule has 2 aromatic carbocycles. The maximum Gasteiger partial charge on any atom is 0.416 e. The van der Waals surface area contributed by atoms with Gasteiger partial charge in [-0.2, -0.15) is 18.3 Å². The second-order valence-electron chi connectivity index (χ2n) is 8.66. The Morgan fingerprint density at radius 1 is 0.943 bits per heavy atom. The van der Waals surface area contributed by atoms with Gasteiger partial charge < -0.3 is 9.80 Å². The number of anilines is 1. The Kier molecular flexibility index (Phi) is 5.70. The molecule has 1 aliphatic heterocycles. The van der Waals surface area contributed by atoms with Gasteiger partial charge >= 0.3 is 6.18 Å². The predicted octanol–water partition coefficient (Wildman–Crippen LogP) is 4.92. The molecule has 1 aliphatic rings. The van der Waals surface area contributed by atoms with Gasteiger partial charge in [0.1, 0.15) is 0 Å². The van der Waals surface area contributed by atoms with Crippen molar-refractivity contribution in [2.45, 2.75) is 13.1 Å². The molecule has 5 rings (SSSR count). The van der Waals surface area contributed by atoms with E-state index in [9.17, 15) is 18.0 Å². The van der Waals surface area contributed by atoms with Gasteiger partial charge in [-0.05, 0) is 31.2 Å². The Morgan fingerprint density at radius 2 is 1.66 bits per heavy atom. The van der Waals surface area contributed by atoms with E-state index in [4.69, 9.17) is 4.98 Å². The van der Waals surface area contributed by atoms with Crippen molar-refractivity contribution in [2.24, 2.45) is 7.05 Å². The standard InChI is InChI=1S/C26H24F3N5O/c1-17-23-21(16-22(18-7-4-3-5-8-18)30-24(23)32(2)31-17)25(35)34-13-11-33(12-14-34)20-10-6-9-19(15-20)26(27,28)29/h3-10,15-16H,11-14H2,1-2H3. The van der Waals surface area contributed by atoms with Gasteiger partial charge in [-0.25, -0.2) is 4.98 Å². The van der Waals surface area contributed by atoms with Gasteiger partial charge in [-0.15, -0.1) is 0 Å². The van der Waals surface area contributed by atoms with E-state index in [-0.39, 0.29) is 5.91 Å². The fourth-order valence-corrected chi connectivity index (χ4v) is 4.59. The van der Waals surface area contributed by atoms with Gasteiger partial charge in [0.15, 0.2) is 5.65 Å².